The summed E-state index contributed by atoms with van der Waals surface area (Å²) in [5.74, 6) is 0.411. The highest BCUT2D eigenvalue weighted by atomic mass is 32.2. The van der Waals surface area contributed by atoms with Crippen molar-refractivity contribution in [3.63, 3.8) is 0 Å². The Bertz CT molecular complexity index is 549. The second kappa shape index (κ2) is 7.02. The van der Waals surface area contributed by atoms with Crippen molar-refractivity contribution in [2.45, 2.75) is 11.0 Å². The molecule has 0 saturated carbocycles. The largest absolute Gasteiger partial charge is 0.384 e. The third-order valence-electron chi connectivity index (χ3n) is 2.71. The van der Waals surface area contributed by atoms with E-state index in [4.69, 9.17) is 0 Å². The normalized spacial score (nSPS) is 14.4. The molecule has 0 bridgehead atoms. The monoisotopic (exact) mass is 272 g/mol. The van der Waals surface area contributed by atoms with Crippen molar-refractivity contribution in [2.24, 2.45) is 0 Å². The van der Waals surface area contributed by atoms with Crippen LogP contribution in [0.3, 0.4) is 0 Å². The molecular formula is C16H16O2S. The van der Waals surface area contributed by atoms with Crippen LogP contribution in [0, 0.1) is 0 Å². The van der Waals surface area contributed by atoms with Gasteiger partial charge in [-0.2, -0.15) is 0 Å². The van der Waals surface area contributed by atoms with E-state index in [1.807, 2.05) is 60.7 Å². The van der Waals surface area contributed by atoms with E-state index >= 15 is 0 Å². The summed E-state index contributed by atoms with van der Waals surface area (Å²) >= 11 is 0. The van der Waals surface area contributed by atoms with Crippen LogP contribution in [-0.2, 0) is 10.8 Å². The van der Waals surface area contributed by atoms with Crippen LogP contribution in [0.25, 0.3) is 0 Å². The van der Waals surface area contributed by atoms with E-state index in [2.05, 4.69) is 0 Å². The van der Waals surface area contributed by atoms with Crippen molar-refractivity contribution >= 4 is 10.8 Å². The molecule has 2 aromatic carbocycles. The Labute approximate surface area is 115 Å². The molecule has 0 aliphatic rings. The van der Waals surface area contributed by atoms with Gasteiger partial charge in [-0.1, -0.05) is 60.7 Å². The van der Waals surface area contributed by atoms with E-state index in [9.17, 15) is 9.32 Å². The minimum Gasteiger partial charge on any atom is -0.384 e. The molecule has 98 valence electrons. The molecule has 0 aromatic heterocycles. The minimum absolute atomic E-state index is 0.411. The molecule has 0 fully saturated rings. The molecule has 1 N–H and O–H groups in total. The standard InChI is InChI=1S/C16H16O2S/c17-16(14-8-3-1-4-9-14)12-7-13-19(18)15-10-5-2-6-11-15/h1-12,16-17H,13H2/b12-7+/t16-,19?/m1/s1. The fourth-order valence-corrected chi connectivity index (χ4v) is 2.64. The van der Waals surface area contributed by atoms with Gasteiger partial charge in [0.1, 0.15) is 0 Å². The summed E-state index contributed by atoms with van der Waals surface area (Å²) < 4.78 is 11.9. The van der Waals surface area contributed by atoms with Crippen LogP contribution >= 0.6 is 0 Å². The fourth-order valence-electron chi connectivity index (χ4n) is 1.70. The van der Waals surface area contributed by atoms with Gasteiger partial charge in [-0.05, 0) is 17.7 Å². The van der Waals surface area contributed by atoms with E-state index in [-0.39, 0.29) is 0 Å². The Morgan fingerprint density at radius 1 is 1.00 bits per heavy atom. The molecular weight excluding hydrogens is 256 g/mol. The molecule has 1 unspecified atom stereocenters. The third kappa shape index (κ3) is 4.16. The van der Waals surface area contributed by atoms with Gasteiger partial charge in [0.25, 0.3) is 0 Å². The number of aliphatic hydroxyl groups is 1. The highest BCUT2D eigenvalue weighted by Crippen LogP contribution is 2.13. The Morgan fingerprint density at radius 3 is 2.21 bits per heavy atom. The highest BCUT2D eigenvalue weighted by molar-refractivity contribution is 7.85. The molecule has 0 amide bonds. The van der Waals surface area contributed by atoms with Gasteiger partial charge in [0.05, 0.1) is 16.9 Å². The Morgan fingerprint density at radius 2 is 1.58 bits per heavy atom. The summed E-state index contributed by atoms with van der Waals surface area (Å²) in [5.41, 5.74) is 0.837. The Balaban J connectivity index is 1.92. The minimum atomic E-state index is -1.05. The van der Waals surface area contributed by atoms with Crippen LogP contribution in [0.4, 0.5) is 0 Å². The topological polar surface area (TPSA) is 37.3 Å². The molecule has 0 heterocycles. The van der Waals surface area contributed by atoms with Gasteiger partial charge in [0, 0.05) is 10.6 Å². The van der Waals surface area contributed by atoms with Crippen LogP contribution in [0.5, 0.6) is 0 Å². The molecule has 2 atom stereocenters. The van der Waals surface area contributed by atoms with Crippen molar-refractivity contribution < 1.29 is 9.32 Å². The number of hydrogen-bond acceptors (Lipinski definition) is 2. The van der Waals surface area contributed by atoms with Gasteiger partial charge in [-0.25, -0.2) is 0 Å². The smallest absolute Gasteiger partial charge is 0.0972 e. The Hall–Kier alpha value is -1.71. The van der Waals surface area contributed by atoms with Gasteiger partial charge in [0.2, 0.25) is 0 Å². The van der Waals surface area contributed by atoms with Gasteiger partial charge >= 0.3 is 0 Å². The molecule has 3 heteroatoms. The van der Waals surface area contributed by atoms with Crippen molar-refractivity contribution in [3.05, 3.63) is 78.4 Å². The number of aliphatic hydroxyl groups excluding tert-OH is 1. The zero-order valence-corrected chi connectivity index (χ0v) is 11.3. The van der Waals surface area contributed by atoms with Crippen LogP contribution in [0.15, 0.2) is 77.7 Å². The first kappa shape index (κ1) is 13.7. The zero-order chi connectivity index (χ0) is 13.5. The average molecular weight is 272 g/mol. The van der Waals surface area contributed by atoms with E-state index in [0.717, 1.165) is 10.5 Å². The van der Waals surface area contributed by atoms with Gasteiger partial charge in [-0.15, -0.1) is 0 Å². The lowest BCUT2D eigenvalue weighted by molar-refractivity contribution is 0.228. The van der Waals surface area contributed by atoms with Crippen LogP contribution < -0.4 is 0 Å². The maximum Gasteiger partial charge on any atom is 0.0972 e. The average Bonchev–Trinajstić information content (AvgIpc) is 2.49. The second-order valence-corrected chi connectivity index (χ2v) is 5.60. The van der Waals surface area contributed by atoms with Gasteiger partial charge < -0.3 is 5.11 Å². The number of rotatable bonds is 5. The van der Waals surface area contributed by atoms with E-state index in [0.29, 0.717) is 5.75 Å². The first-order valence-corrected chi connectivity index (χ1v) is 7.42. The van der Waals surface area contributed by atoms with Crippen LogP contribution in [0.2, 0.25) is 0 Å². The van der Waals surface area contributed by atoms with E-state index in [1.54, 1.807) is 12.2 Å². The third-order valence-corrected chi connectivity index (χ3v) is 4.01. The van der Waals surface area contributed by atoms with E-state index < -0.39 is 16.9 Å². The van der Waals surface area contributed by atoms with Crippen LogP contribution in [0.1, 0.15) is 11.7 Å². The molecule has 0 radical (unpaired) electrons. The molecule has 0 aliphatic heterocycles. The molecule has 0 spiro atoms. The molecule has 2 nitrogen and oxygen atoms in total. The molecule has 0 saturated heterocycles. The van der Waals surface area contributed by atoms with Gasteiger partial charge in [-0.3, -0.25) is 4.21 Å². The molecule has 2 rings (SSSR count). The van der Waals surface area contributed by atoms with Crippen molar-refractivity contribution in [1.82, 2.24) is 0 Å². The maximum absolute atomic E-state index is 11.9. The lowest BCUT2D eigenvalue weighted by Crippen LogP contribution is -1.97. The first-order valence-electron chi connectivity index (χ1n) is 6.10. The zero-order valence-electron chi connectivity index (χ0n) is 10.5. The SMILES string of the molecule is O=S(C/C=C/[C@@H](O)c1ccccc1)c1ccccc1. The predicted molar refractivity (Wildman–Crippen MR) is 78.3 cm³/mol. The predicted octanol–water partition coefficient (Wildman–Crippen LogP) is 3.08. The van der Waals surface area contributed by atoms with Crippen LogP contribution in [-0.4, -0.2) is 15.1 Å². The first-order chi connectivity index (χ1) is 9.27. The molecule has 2 aromatic rings. The summed E-state index contributed by atoms with van der Waals surface area (Å²) in [7, 11) is -1.05. The lowest BCUT2D eigenvalue weighted by atomic mass is 10.1. The summed E-state index contributed by atoms with van der Waals surface area (Å²) in [5, 5.41) is 9.92. The van der Waals surface area contributed by atoms with Crippen molar-refractivity contribution in [3.8, 4) is 0 Å². The number of hydrogen-bond donors (Lipinski definition) is 1. The van der Waals surface area contributed by atoms with E-state index in [1.165, 1.54) is 0 Å². The Kier molecular flexibility index (Phi) is 5.07. The highest BCUT2D eigenvalue weighted by Gasteiger charge is 2.03. The molecule has 0 aliphatic carbocycles. The summed E-state index contributed by atoms with van der Waals surface area (Å²) in [4.78, 5) is 0.807. The van der Waals surface area contributed by atoms with Crippen molar-refractivity contribution in [1.29, 1.82) is 0 Å². The second-order valence-electron chi connectivity index (χ2n) is 4.11. The summed E-state index contributed by atoms with van der Waals surface area (Å²) in [6.07, 6.45) is 2.80. The molecule has 19 heavy (non-hydrogen) atoms. The maximum atomic E-state index is 11.9. The number of benzene rings is 2. The summed E-state index contributed by atoms with van der Waals surface area (Å²) in [6, 6.07) is 18.7. The lowest BCUT2D eigenvalue weighted by Gasteiger charge is -2.05. The van der Waals surface area contributed by atoms with Crippen molar-refractivity contribution in [2.75, 3.05) is 5.75 Å². The fraction of sp³-hybridized carbons (Fsp3) is 0.125. The van der Waals surface area contributed by atoms with Gasteiger partial charge in [0.15, 0.2) is 0 Å². The quantitative estimate of drug-likeness (QED) is 0.849. The summed E-state index contributed by atoms with van der Waals surface area (Å²) in [6.45, 7) is 0.